The number of hydrogen-bond donors (Lipinski definition) is 0. The van der Waals surface area contributed by atoms with E-state index in [4.69, 9.17) is 11.3 Å². The average molecular weight is 713 g/mol. The second-order valence-corrected chi connectivity index (χ2v) is 10.6. The third-order valence-electron chi connectivity index (χ3n) is 7.96. The molecule has 3 aliphatic carbocycles. The van der Waals surface area contributed by atoms with Gasteiger partial charge in [-0.1, -0.05) is 67.1 Å². The molecule has 0 aromatic carbocycles. The van der Waals surface area contributed by atoms with Gasteiger partial charge in [-0.05, 0) is 62.3 Å². The second-order valence-electron chi connectivity index (χ2n) is 10.6. The van der Waals surface area contributed by atoms with Crippen molar-refractivity contribution in [3.63, 3.8) is 0 Å². The molecule has 0 saturated heterocycles. The van der Waals surface area contributed by atoms with Crippen molar-refractivity contribution in [3.8, 4) is 0 Å². The van der Waals surface area contributed by atoms with Gasteiger partial charge in [0.2, 0.25) is 0 Å². The van der Waals surface area contributed by atoms with Gasteiger partial charge in [0.15, 0.2) is 0 Å². The van der Waals surface area contributed by atoms with Gasteiger partial charge in [0, 0.05) is 68.1 Å². The molecule has 5 heteroatoms. The smallest absolute Gasteiger partial charge is 0.124 e. The maximum absolute atomic E-state index is 8.35. The first kappa shape index (κ1) is 22.5. The Balaban J connectivity index is 0.000000186. The third-order valence-corrected chi connectivity index (χ3v) is 7.96. The quantitative estimate of drug-likeness (QED) is 0.266. The Kier molecular flexibility index (Phi) is 7.09. The Labute approximate surface area is 258 Å². The molecule has 3 aromatic heterocycles. The van der Waals surface area contributed by atoms with Crippen molar-refractivity contribution in [1.29, 1.82) is 0 Å². The first-order chi connectivity index (χ1) is 21.1. The summed E-state index contributed by atoms with van der Waals surface area (Å²) in [6, 6.07) is 2.03. The molecule has 1 saturated carbocycles. The standard InChI is InChI=1S/C21H21N2O.C14H16N.Ir/c1-2-7-14(6-1)17-12-22-13-18-15-8-5-9-16(20(15)24-21(17)18)19-10-3-4-11-23-19;1-10-4-6-13(7-5-10)14-8-11(2)12(3)9-15-14;/h4,8-9,11-14H,1-3,5-7,10H2;4,6-9H,5H2,1-3H3;/q2*-1;/i3D,10D;1D3;. The average Bonchev–Trinajstić information content (AvgIpc) is 3.69. The van der Waals surface area contributed by atoms with E-state index in [0.29, 0.717) is 23.6 Å². The third kappa shape index (κ3) is 5.82. The van der Waals surface area contributed by atoms with E-state index in [2.05, 4.69) is 27.5 Å². The fraction of sp³-hybridized carbons (Fsp3) is 0.343. The van der Waals surface area contributed by atoms with Crippen LogP contribution in [0.2, 0.25) is 0 Å². The molecule has 2 atom stereocenters. The fourth-order valence-corrected chi connectivity index (χ4v) is 5.63. The molecule has 0 bridgehead atoms. The zero-order chi connectivity index (χ0) is 31.0. The molecule has 4 aliphatic rings. The van der Waals surface area contributed by atoms with Gasteiger partial charge < -0.3 is 14.4 Å². The molecule has 2 unspecified atom stereocenters. The van der Waals surface area contributed by atoms with E-state index >= 15 is 0 Å². The molecule has 1 aliphatic heterocycles. The van der Waals surface area contributed by atoms with Gasteiger partial charge in [0.05, 0.1) is 0 Å². The Hall–Kier alpha value is -3.14. The Morgan fingerprint density at radius 3 is 2.73 bits per heavy atom. The van der Waals surface area contributed by atoms with Crippen molar-refractivity contribution in [3.05, 3.63) is 101 Å². The minimum absolute atomic E-state index is 0. The maximum atomic E-state index is 8.35. The number of allylic oxidation sites excluding steroid dienone is 5. The van der Waals surface area contributed by atoms with Crippen molar-refractivity contribution in [1.82, 2.24) is 9.97 Å². The summed E-state index contributed by atoms with van der Waals surface area (Å²) < 4.78 is 44.9. The largest absolute Gasteiger partial charge is 0.514 e. The normalized spacial score (nSPS) is 24.0. The van der Waals surface area contributed by atoms with Crippen LogP contribution < -0.4 is 10.6 Å². The van der Waals surface area contributed by atoms with E-state index < -0.39 is 19.6 Å². The number of furan rings is 1. The number of rotatable bonds is 3. The van der Waals surface area contributed by atoms with Gasteiger partial charge in [-0.25, -0.2) is 0 Å². The Morgan fingerprint density at radius 1 is 1.07 bits per heavy atom. The summed E-state index contributed by atoms with van der Waals surface area (Å²) in [6.45, 7) is 2.08. The predicted molar refractivity (Wildman–Crippen MR) is 161 cm³/mol. The predicted octanol–water partition coefficient (Wildman–Crippen LogP) is 7.41. The van der Waals surface area contributed by atoms with Crippen LogP contribution in [-0.2, 0) is 20.1 Å². The first-order valence-electron chi connectivity index (χ1n) is 16.5. The van der Waals surface area contributed by atoms with Crippen molar-refractivity contribution in [2.75, 3.05) is 0 Å². The summed E-state index contributed by atoms with van der Waals surface area (Å²) in [5.41, 5.74) is 9.19. The molecule has 0 amide bonds. The monoisotopic (exact) mass is 713 g/mol. The molecule has 0 N–H and O–H groups in total. The molecule has 3 aromatic rings. The molecule has 0 spiro atoms. The van der Waals surface area contributed by atoms with Crippen molar-refractivity contribution in [2.24, 2.45) is 4.99 Å². The maximum Gasteiger partial charge on any atom is 0.124 e. The molecule has 7 rings (SSSR count). The number of hydrogen-bond acceptors (Lipinski definition) is 4. The number of pyridine rings is 2. The SMILES string of the molecule is [2H]C([2H])([2H])C1=CC=C(c2cc(C)c(C)cn2)[CH-]C1.[2H]C1C=CN=C(C2=c3oc4c(C5CCCC5)cncc4c3=CC[CH-]2)C1[2H].[Ir]. The van der Waals surface area contributed by atoms with Crippen molar-refractivity contribution in [2.45, 2.75) is 77.9 Å². The van der Waals surface area contributed by atoms with Gasteiger partial charge in [-0.15, -0.1) is 11.6 Å². The van der Waals surface area contributed by atoms with E-state index in [-0.39, 0.29) is 20.1 Å². The van der Waals surface area contributed by atoms with Crippen LogP contribution in [0.15, 0.2) is 64.1 Å². The second kappa shape index (κ2) is 12.6. The van der Waals surface area contributed by atoms with Crippen LogP contribution in [0.25, 0.3) is 28.2 Å². The summed E-state index contributed by atoms with van der Waals surface area (Å²) in [6.07, 6.45) is 23.6. The summed E-state index contributed by atoms with van der Waals surface area (Å²) in [5.74, 6) is 0.530. The first-order valence-corrected chi connectivity index (χ1v) is 13.8. The van der Waals surface area contributed by atoms with Crippen molar-refractivity contribution < 1.29 is 31.4 Å². The van der Waals surface area contributed by atoms with Crippen LogP contribution in [0.3, 0.4) is 0 Å². The summed E-state index contributed by atoms with van der Waals surface area (Å²) in [4.78, 5) is 13.3. The molecule has 4 nitrogen and oxygen atoms in total. The number of aromatic nitrogens is 2. The van der Waals surface area contributed by atoms with Crippen molar-refractivity contribution >= 4 is 33.9 Å². The fourth-order valence-electron chi connectivity index (χ4n) is 5.63. The summed E-state index contributed by atoms with van der Waals surface area (Å²) in [7, 11) is 0. The van der Waals surface area contributed by atoms with E-state index in [0.717, 1.165) is 50.4 Å². The Morgan fingerprint density at radius 2 is 1.95 bits per heavy atom. The number of fused-ring (bicyclic) bond motifs is 3. The molecule has 4 heterocycles. The van der Waals surface area contributed by atoms with Gasteiger partial charge in [-0.3, -0.25) is 4.98 Å². The molecule has 40 heavy (non-hydrogen) atoms. The van der Waals surface area contributed by atoms with Crippen LogP contribution >= 0.6 is 0 Å². The summed E-state index contributed by atoms with van der Waals surface area (Å²) >= 11 is 0. The zero-order valence-electron chi connectivity index (χ0n) is 27.9. The van der Waals surface area contributed by atoms with Gasteiger partial charge in [-0.2, -0.15) is 24.5 Å². The molecule has 1 radical (unpaired) electrons. The molecular formula is C35H37IrN3O-2. The van der Waals surface area contributed by atoms with Crippen LogP contribution in [0, 0.1) is 26.7 Å². The van der Waals surface area contributed by atoms with Gasteiger partial charge >= 0.3 is 0 Å². The number of aryl methyl sites for hydroxylation is 2. The molecule has 209 valence electrons. The Bertz CT molecular complexity index is 1830. The van der Waals surface area contributed by atoms with E-state index in [1.54, 1.807) is 18.4 Å². The number of nitrogens with zero attached hydrogens (tertiary/aromatic N) is 3. The van der Waals surface area contributed by atoms with Gasteiger partial charge in [0.1, 0.15) is 5.58 Å². The molecular weight excluding hydrogens is 671 g/mol. The van der Waals surface area contributed by atoms with E-state index in [9.17, 15) is 0 Å². The molecule has 1 fully saturated rings. The van der Waals surface area contributed by atoms with Crippen LogP contribution in [0.1, 0.15) is 93.3 Å². The minimum Gasteiger partial charge on any atom is -0.514 e. The van der Waals surface area contributed by atoms with E-state index in [1.165, 1.54) is 36.8 Å². The van der Waals surface area contributed by atoms with Gasteiger partial charge in [0.25, 0.3) is 0 Å². The van der Waals surface area contributed by atoms with Crippen LogP contribution in [0.4, 0.5) is 0 Å². The van der Waals surface area contributed by atoms with E-state index in [1.807, 2.05) is 51.0 Å². The zero-order valence-corrected chi connectivity index (χ0v) is 25.3. The van der Waals surface area contributed by atoms with Crippen LogP contribution in [-0.4, -0.2) is 15.7 Å². The number of aliphatic imine (C=N–C) groups is 1. The van der Waals surface area contributed by atoms with Crippen LogP contribution in [0.5, 0.6) is 0 Å². The topological polar surface area (TPSA) is 51.3 Å². The summed E-state index contributed by atoms with van der Waals surface area (Å²) in [5, 5.41) is 2.13. The minimum atomic E-state index is -1.99.